The average molecular weight is 424 g/mol. The summed E-state index contributed by atoms with van der Waals surface area (Å²) in [6.45, 7) is 0. The van der Waals surface area contributed by atoms with Crippen LogP contribution >= 0.6 is 50.7 Å². The number of halogens is 4. The molecule has 2 aromatic rings. The molecule has 0 aromatic heterocycles. The highest BCUT2D eigenvalue weighted by atomic mass is 79.9. The molecule has 0 saturated carbocycles. The highest BCUT2D eigenvalue weighted by molar-refractivity contribution is 9.10. The first-order valence-corrected chi connectivity index (χ1v) is 7.99. The Hall–Kier alpha value is -0.940. The maximum atomic E-state index is 6.10. The molecule has 0 heterocycles. The van der Waals surface area contributed by atoms with Gasteiger partial charge in [0.25, 0.3) is 0 Å². The van der Waals surface area contributed by atoms with Crippen molar-refractivity contribution in [2.45, 2.75) is 0 Å². The lowest BCUT2D eigenvalue weighted by molar-refractivity contribution is 0.392. The van der Waals surface area contributed by atoms with Gasteiger partial charge < -0.3 is 9.47 Å². The average Bonchev–Trinajstić information content (AvgIpc) is 2.49. The fraction of sp³-hybridized carbons (Fsp3) is 0.133. The molecule has 2 rings (SSSR count). The predicted octanol–water partition coefficient (Wildman–Crippen LogP) is 6.18. The lowest BCUT2D eigenvalue weighted by Crippen LogP contribution is -1.94. The van der Waals surface area contributed by atoms with Gasteiger partial charge in [-0.05, 0) is 34.1 Å². The van der Waals surface area contributed by atoms with E-state index in [-0.39, 0.29) is 0 Å². The minimum absolute atomic E-state index is 0.385. The summed E-state index contributed by atoms with van der Waals surface area (Å²) < 4.78 is 11.4. The molecule has 22 heavy (non-hydrogen) atoms. The highest BCUT2D eigenvalue weighted by Crippen LogP contribution is 2.35. The van der Waals surface area contributed by atoms with E-state index in [0.29, 0.717) is 32.3 Å². The zero-order chi connectivity index (χ0) is 16.3. The first-order chi connectivity index (χ1) is 10.5. The Kier molecular flexibility index (Phi) is 5.98. The molecular weight excluding hydrogens is 412 g/mol. The third-order valence-electron chi connectivity index (χ3n) is 2.84. The Bertz CT molecular complexity index is 735. The smallest absolute Gasteiger partial charge is 0.136 e. The van der Waals surface area contributed by atoms with Crippen LogP contribution in [0.2, 0.25) is 15.1 Å². The fourth-order valence-corrected chi connectivity index (χ4v) is 2.85. The normalized spacial score (nSPS) is 11.0. The van der Waals surface area contributed by atoms with Crippen molar-refractivity contribution in [2.75, 3.05) is 14.2 Å². The molecule has 0 bridgehead atoms. The van der Waals surface area contributed by atoms with Gasteiger partial charge in [0.05, 0.1) is 39.4 Å². The summed E-state index contributed by atoms with van der Waals surface area (Å²) in [5.74, 6) is 1.29. The zero-order valence-corrected chi connectivity index (χ0v) is 15.5. The molecule has 2 aromatic carbocycles. The number of methoxy groups -OCH3 is 2. The Balaban J connectivity index is 2.42. The molecule has 0 amide bonds. The Morgan fingerprint density at radius 1 is 0.909 bits per heavy atom. The number of benzene rings is 2. The molecule has 0 aliphatic heterocycles. The lowest BCUT2D eigenvalue weighted by atomic mass is 10.2. The summed E-state index contributed by atoms with van der Waals surface area (Å²) in [5.41, 5.74) is 1.28. The van der Waals surface area contributed by atoms with Gasteiger partial charge in [-0.15, -0.1) is 0 Å². The van der Waals surface area contributed by atoms with Crippen molar-refractivity contribution in [3.63, 3.8) is 0 Å². The molecule has 0 aliphatic carbocycles. The SMILES string of the molecule is COc1cc(OC)c(C=Nc2cc(Cl)c(Cl)cc2Cl)cc1Br. The number of hydrogen-bond donors (Lipinski definition) is 0. The molecule has 0 radical (unpaired) electrons. The van der Waals surface area contributed by atoms with Gasteiger partial charge in [-0.2, -0.15) is 0 Å². The minimum Gasteiger partial charge on any atom is -0.496 e. The van der Waals surface area contributed by atoms with Gasteiger partial charge in [0.1, 0.15) is 11.5 Å². The predicted molar refractivity (Wildman–Crippen MR) is 96.0 cm³/mol. The second-order valence-corrected chi connectivity index (χ2v) is 6.28. The largest absolute Gasteiger partial charge is 0.496 e. The standard InChI is InChI=1S/C15H11BrCl3NO2/c1-21-14-6-15(22-2)9(16)3-8(14)7-20-13-5-11(18)10(17)4-12(13)19/h3-7H,1-2H3. The first-order valence-electron chi connectivity index (χ1n) is 6.06. The van der Waals surface area contributed by atoms with Crippen LogP contribution in [0.4, 0.5) is 5.69 Å². The number of ether oxygens (including phenoxy) is 2. The minimum atomic E-state index is 0.385. The summed E-state index contributed by atoms with van der Waals surface area (Å²) in [4.78, 5) is 4.34. The third-order valence-corrected chi connectivity index (χ3v) is 4.48. The Labute approximate surface area is 151 Å². The molecule has 0 unspecified atom stereocenters. The van der Waals surface area contributed by atoms with E-state index in [2.05, 4.69) is 20.9 Å². The van der Waals surface area contributed by atoms with E-state index in [1.54, 1.807) is 38.6 Å². The van der Waals surface area contributed by atoms with E-state index in [1.165, 1.54) is 0 Å². The van der Waals surface area contributed by atoms with E-state index >= 15 is 0 Å². The molecule has 0 N–H and O–H groups in total. The first kappa shape index (κ1) is 17.4. The number of aliphatic imine (C=N–C) groups is 1. The fourth-order valence-electron chi connectivity index (χ4n) is 1.73. The monoisotopic (exact) mass is 421 g/mol. The van der Waals surface area contributed by atoms with Crippen LogP contribution in [-0.4, -0.2) is 20.4 Å². The van der Waals surface area contributed by atoms with E-state index in [4.69, 9.17) is 44.3 Å². The topological polar surface area (TPSA) is 30.8 Å². The number of hydrogen-bond acceptors (Lipinski definition) is 3. The zero-order valence-electron chi connectivity index (χ0n) is 11.7. The molecule has 0 fully saturated rings. The summed E-state index contributed by atoms with van der Waals surface area (Å²) in [6, 6.07) is 6.77. The van der Waals surface area contributed by atoms with Crippen molar-refractivity contribution in [1.29, 1.82) is 0 Å². The number of rotatable bonds is 4. The molecule has 0 spiro atoms. The molecule has 3 nitrogen and oxygen atoms in total. The highest BCUT2D eigenvalue weighted by Gasteiger charge is 2.09. The Morgan fingerprint density at radius 2 is 1.55 bits per heavy atom. The van der Waals surface area contributed by atoms with Crippen LogP contribution in [0, 0.1) is 0 Å². The maximum absolute atomic E-state index is 6.10. The third kappa shape index (κ3) is 3.87. The number of nitrogens with zero attached hydrogens (tertiary/aromatic N) is 1. The van der Waals surface area contributed by atoms with Crippen LogP contribution in [0.25, 0.3) is 0 Å². The summed E-state index contributed by atoms with van der Waals surface area (Å²) >= 11 is 21.4. The van der Waals surface area contributed by atoms with Gasteiger partial charge in [-0.3, -0.25) is 4.99 Å². The van der Waals surface area contributed by atoms with Gasteiger partial charge in [-0.25, -0.2) is 0 Å². The molecule has 0 atom stereocenters. The Morgan fingerprint density at radius 3 is 2.18 bits per heavy atom. The van der Waals surface area contributed by atoms with Crippen LogP contribution in [0.3, 0.4) is 0 Å². The van der Waals surface area contributed by atoms with Crippen LogP contribution < -0.4 is 9.47 Å². The van der Waals surface area contributed by atoms with Gasteiger partial charge in [0.2, 0.25) is 0 Å². The molecular formula is C15H11BrCl3NO2. The maximum Gasteiger partial charge on any atom is 0.136 e. The van der Waals surface area contributed by atoms with E-state index in [9.17, 15) is 0 Å². The summed E-state index contributed by atoms with van der Waals surface area (Å²) in [5, 5.41) is 1.19. The van der Waals surface area contributed by atoms with Crippen molar-refractivity contribution in [3.05, 3.63) is 49.4 Å². The van der Waals surface area contributed by atoms with Crippen molar-refractivity contribution >= 4 is 62.6 Å². The van der Waals surface area contributed by atoms with E-state index in [0.717, 1.165) is 10.0 Å². The second-order valence-electron chi connectivity index (χ2n) is 4.20. The van der Waals surface area contributed by atoms with Gasteiger partial charge in [0.15, 0.2) is 0 Å². The van der Waals surface area contributed by atoms with Crippen molar-refractivity contribution in [2.24, 2.45) is 4.99 Å². The molecule has 0 saturated heterocycles. The van der Waals surface area contributed by atoms with Crippen LogP contribution in [0.5, 0.6) is 11.5 Å². The van der Waals surface area contributed by atoms with Gasteiger partial charge >= 0.3 is 0 Å². The van der Waals surface area contributed by atoms with Crippen molar-refractivity contribution < 1.29 is 9.47 Å². The van der Waals surface area contributed by atoms with Crippen molar-refractivity contribution in [1.82, 2.24) is 0 Å². The molecule has 7 heteroatoms. The van der Waals surface area contributed by atoms with E-state index in [1.807, 2.05) is 6.07 Å². The molecule has 0 aliphatic rings. The van der Waals surface area contributed by atoms with Gasteiger partial charge in [-0.1, -0.05) is 34.8 Å². The summed E-state index contributed by atoms with van der Waals surface area (Å²) in [6.07, 6.45) is 1.63. The summed E-state index contributed by atoms with van der Waals surface area (Å²) in [7, 11) is 3.16. The molecule has 116 valence electrons. The lowest BCUT2D eigenvalue weighted by Gasteiger charge is -2.09. The van der Waals surface area contributed by atoms with E-state index < -0.39 is 0 Å². The second kappa shape index (κ2) is 7.55. The van der Waals surface area contributed by atoms with Crippen molar-refractivity contribution in [3.8, 4) is 11.5 Å². The quantitative estimate of drug-likeness (QED) is 0.434. The van der Waals surface area contributed by atoms with Crippen LogP contribution in [0.15, 0.2) is 33.7 Å². The van der Waals surface area contributed by atoms with Crippen LogP contribution in [0.1, 0.15) is 5.56 Å². The van der Waals surface area contributed by atoms with Gasteiger partial charge in [0, 0.05) is 17.8 Å². The van der Waals surface area contributed by atoms with Crippen LogP contribution in [-0.2, 0) is 0 Å².